The summed E-state index contributed by atoms with van der Waals surface area (Å²) < 4.78 is 0. The smallest absolute Gasteiger partial charge is 0.0677 e. The molecule has 2 aliphatic rings. The zero-order valence-electron chi connectivity index (χ0n) is 21.9. The van der Waals surface area contributed by atoms with Gasteiger partial charge in [0, 0.05) is 23.7 Å². The van der Waals surface area contributed by atoms with Crippen molar-refractivity contribution in [3.8, 4) is 0 Å². The number of hydrogen-bond donors (Lipinski definition) is 2. The van der Waals surface area contributed by atoms with Crippen LogP contribution >= 0.6 is 0 Å². The molecule has 4 unspecified atom stereocenters. The molecule has 0 saturated heterocycles. The third-order valence-electron chi connectivity index (χ3n) is 9.45. The molecular formula is C36H38O2. The van der Waals surface area contributed by atoms with E-state index in [1.165, 1.54) is 22.3 Å². The fourth-order valence-corrected chi connectivity index (χ4v) is 7.52. The van der Waals surface area contributed by atoms with Gasteiger partial charge >= 0.3 is 0 Å². The van der Waals surface area contributed by atoms with E-state index in [4.69, 9.17) is 0 Å². The maximum atomic E-state index is 11.7. The summed E-state index contributed by atoms with van der Waals surface area (Å²) in [5.41, 5.74) is 4.95. The van der Waals surface area contributed by atoms with Gasteiger partial charge in [-0.2, -0.15) is 0 Å². The van der Waals surface area contributed by atoms with Crippen molar-refractivity contribution >= 4 is 0 Å². The lowest BCUT2D eigenvalue weighted by Gasteiger charge is -2.47. The van der Waals surface area contributed by atoms with Gasteiger partial charge in [-0.25, -0.2) is 0 Å². The van der Waals surface area contributed by atoms with Crippen LogP contribution in [-0.2, 0) is 0 Å². The van der Waals surface area contributed by atoms with Crippen molar-refractivity contribution in [3.05, 3.63) is 144 Å². The SMILES string of the molecule is OC1C(c2ccccc2)CC(C2CC(c3ccccc3)C(O)C(c3ccccc3)C2)CC1c1ccccc1. The molecule has 0 aromatic heterocycles. The Morgan fingerprint density at radius 2 is 0.553 bits per heavy atom. The highest BCUT2D eigenvalue weighted by molar-refractivity contribution is 5.31. The minimum Gasteiger partial charge on any atom is -0.392 e. The molecule has 0 heterocycles. The summed E-state index contributed by atoms with van der Waals surface area (Å²) in [6, 6.07) is 42.4. The predicted molar refractivity (Wildman–Crippen MR) is 154 cm³/mol. The largest absolute Gasteiger partial charge is 0.392 e. The number of aliphatic hydroxyl groups excluding tert-OH is 2. The average Bonchev–Trinajstić information content (AvgIpc) is 2.99. The lowest BCUT2D eigenvalue weighted by atomic mass is 9.59. The molecule has 2 heteroatoms. The molecule has 0 spiro atoms. The molecule has 0 aliphatic heterocycles. The average molecular weight is 503 g/mol. The fraction of sp³-hybridized carbons (Fsp3) is 0.333. The Morgan fingerprint density at radius 1 is 0.342 bits per heavy atom. The summed E-state index contributed by atoms with van der Waals surface area (Å²) in [5, 5.41) is 23.4. The summed E-state index contributed by atoms with van der Waals surface area (Å²) in [6.07, 6.45) is 3.13. The Kier molecular flexibility index (Phi) is 7.44. The van der Waals surface area contributed by atoms with E-state index in [9.17, 15) is 10.2 Å². The molecular weight excluding hydrogens is 464 g/mol. The first kappa shape index (κ1) is 25.1. The van der Waals surface area contributed by atoms with Crippen LogP contribution in [0.15, 0.2) is 121 Å². The molecule has 0 bridgehead atoms. The van der Waals surface area contributed by atoms with Crippen LogP contribution in [-0.4, -0.2) is 22.4 Å². The maximum absolute atomic E-state index is 11.7. The fourth-order valence-electron chi connectivity index (χ4n) is 7.52. The summed E-state index contributed by atoms with van der Waals surface area (Å²) in [6.45, 7) is 0. The van der Waals surface area contributed by atoms with Crippen LogP contribution in [0.3, 0.4) is 0 Å². The van der Waals surface area contributed by atoms with E-state index in [2.05, 4.69) is 121 Å². The van der Waals surface area contributed by atoms with Gasteiger partial charge in [-0.3, -0.25) is 0 Å². The molecule has 0 amide bonds. The van der Waals surface area contributed by atoms with Gasteiger partial charge in [0.25, 0.3) is 0 Å². The van der Waals surface area contributed by atoms with Crippen LogP contribution in [0.1, 0.15) is 71.6 Å². The quantitative estimate of drug-likeness (QED) is 0.294. The second-order valence-corrected chi connectivity index (χ2v) is 11.5. The molecule has 2 fully saturated rings. The third-order valence-corrected chi connectivity index (χ3v) is 9.45. The zero-order valence-corrected chi connectivity index (χ0v) is 21.9. The van der Waals surface area contributed by atoms with Crippen molar-refractivity contribution in [2.24, 2.45) is 11.8 Å². The Morgan fingerprint density at radius 3 is 0.763 bits per heavy atom. The van der Waals surface area contributed by atoms with Gasteiger partial charge in [-0.05, 0) is 59.8 Å². The van der Waals surface area contributed by atoms with Crippen molar-refractivity contribution in [3.63, 3.8) is 0 Å². The van der Waals surface area contributed by atoms with Crippen molar-refractivity contribution in [1.29, 1.82) is 0 Å². The van der Waals surface area contributed by atoms with Gasteiger partial charge in [0.15, 0.2) is 0 Å². The molecule has 6 rings (SSSR count). The van der Waals surface area contributed by atoms with E-state index in [1.807, 2.05) is 0 Å². The molecule has 2 aliphatic carbocycles. The van der Waals surface area contributed by atoms with E-state index in [-0.39, 0.29) is 23.7 Å². The lowest BCUT2D eigenvalue weighted by Crippen LogP contribution is -2.41. The summed E-state index contributed by atoms with van der Waals surface area (Å²) in [5.74, 6) is 1.38. The van der Waals surface area contributed by atoms with E-state index < -0.39 is 12.2 Å². The Labute approximate surface area is 227 Å². The Hall–Kier alpha value is -3.20. The van der Waals surface area contributed by atoms with E-state index in [1.54, 1.807) is 0 Å². The molecule has 194 valence electrons. The highest BCUT2D eigenvalue weighted by Crippen LogP contribution is 2.53. The number of rotatable bonds is 5. The van der Waals surface area contributed by atoms with E-state index in [0.29, 0.717) is 11.8 Å². The van der Waals surface area contributed by atoms with E-state index >= 15 is 0 Å². The molecule has 2 nitrogen and oxygen atoms in total. The lowest BCUT2D eigenvalue weighted by molar-refractivity contribution is 0.00844. The van der Waals surface area contributed by atoms with Crippen LogP contribution in [0, 0.1) is 11.8 Å². The van der Waals surface area contributed by atoms with Gasteiger partial charge in [-0.1, -0.05) is 121 Å². The monoisotopic (exact) mass is 502 g/mol. The summed E-state index contributed by atoms with van der Waals surface area (Å²) in [4.78, 5) is 0. The first-order valence-electron chi connectivity index (χ1n) is 14.2. The highest BCUT2D eigenvalue weighted by Gasteiger charge is 2.45. The standard InChI is InChI=1S/C36H38O2/c37-35-31(25-13-5-1-6-14-25)21-29(22-32(35)26-15-7-2-8-16-26)30-23-33(27-17-9-3-10-18-27)36(38)34(24-30)28-19-11-4-12-20-28/h1-20,29-38H,21-24H2. The topological polar surface area (TPSA) is 40.5 Å². The zero-order chi connectivity index (χ0) is 25.9. The Balaban J connectivity index is 1.37. The van der Waals surface area contributed by atoms with Gasteiger partial charge in [0.1, 0.15) is 0 Å². The number of benzene rings is 4. The minimum atomic E-state index is -0.403. The van der Waals surface area contributed by atoms with Crippen molar-refractivity contribution < 1.29 is 10.2 Å². The van der Waals surface area contributed by atoms with Crippen LogP contribution < -0.4 is 0 Å². The summed E-state index contributed by atoms with van der Waals surface area (Å²) >= 11 is 0. The van der Waals surface area contributed by atoms with E-state index in [0.717, 1.165) is 25.7 Å². The second-order valence-electron chi connectivity index (χ2n) is 11.5. The molecule has 4 aromatic rings. The highest BCUT2D eigenvalue weighted by atomic mass is 16.3. The van der Waals surface area contributed by atoms with Crippen molar-refractivity contribution in [1.82, 2.24) is 0 Å². The van der Waals surface area contributed by atoms with Gasteiger partial charge in [-0.15, -0.1) is 0 Å². The Bertz CT molecular complexity index is 1070. The number of hydrogen-bond acceptors (Lipinski definition) is 2. The van der Waals surface area contributed by atoms with Crippen molar-refractivity contribution in [2.45, 2.75) is 61.6 Å². The molecule has 2 saturated carbocycles. The number of aliphatic hydroxyl groups is 2. The van der Waals surface area contributed by atoms with Crippen LogP contribution in [0.4, 0.5) is 0 Å². The van der Waals surface area contributed by atoms with Crippen LogP contribution in [0.25, 0.3) is 0 Å². The van der Waals surface area contributed by atoms with Crippen LogP contribution in [0.5, 0.6) is 0 Å². The van der Waals surface area contributed by atoms with Gasteiger partial charge in [0.05, 0.1) is 12.2 Å². The molecule has 0 radical (unpaired) electrons. The first-order chi connectivity index (χ1) is 18.7. The van der Waals surface area contributed by atoms with Gasteiger partial charge in [0.2, 0.25) is 0 Å². The summed E-state index contributed by atoms with van der Waals surface area (Å²) in [7, 11) is 0. The third kappa shape index (κ3) is 5.08. The molecule has 38 heavy (non-hydrogen) atoms. The minimum absolute atomic E-state index is 0.109. The second kappa shape index (κ2) is 11.3. The van der Waals surface area contributed by atoms with Crippen LogP contribution in [0.2, 0.25) is 0 Å². The molecule has 4 atom stereocenters. The van der Waals surface area contributed by atoms with Crippen molar-refractivity contribution in [2.75, 3.05) is 0 Å². The van der Waals surface area contributed by atoms with Gasteiger partial charge < -0.3 is 10.2 Å². The first-order valence-corrected chi connectivity index (χ1v) is 14.2. The normalized spacial score (nSPS) is 31.5. The molecule has 4 aromatic carbocycles. The predicted octanol–water partition coefficient (Wildman–Crippen LogP) is 7.66. The molecule has 2 N–H and O–H groups in total. The maximum Gasteiger partial charge on any atom is 0.0677 e.